The maximum absolute atomic E-state index is 13.0. The molecule has 3 N–H and O–H groups in total. The smallest absolute Gasteiger partial charge is 0.243 e. The summed E-state index contributed by atoms with van der Waals surface area (Å²) in [5.41, 5.74) is 9.96. The Kier molecular flexibility index (Phi) is 6.34. The van der Waals surface area contributed by atoms with Crippen LogP contribution in [-0.4, -0.2) is 36.9 Å². The first-order valence-electron chi connectivity index (χ1n) is 9.21. The van der Waals surface area contributed by atoms with Gasteiger partial charge < -0.3 is 10.2 Å². The van der Waals surface area contributed by atoms with Gasteiger partial charge in [0, 0.05) is 24.3 Å². The van der Waals surface area contributed by atoms with E-state index < -0.39 is 0 Å². The number of aryl methyl sites for hydroxylation is 2. The number of hydrogen-bond donors (Lipinski definition) is 3. The molecule has 2 unspecified atom stereocenters. The highest BCUT2D eigenvalue weighted by atomic mass is 35.5. The fraction of sp³-hybridized carbons (Fsp3) is 0.333. The lowest BCUT2D eigenvalue weighted by atomic mass is 9.94. The minimum absolute atomic E-state index is 0.00353. The highest BCUT2D eigenvalue weighted by Crippen LogP contribution is 2.27. The average Bonchev–Trinajstić information content (AvgIpc) is 3.14. The Labute approximate surface area is 170 Å². The van der Waals surface area contributed by atoms with Crippen molar-refractivity contribution in [2.75, 3.05) is 25.5 Å². The number of likely N-dealkylation sites (N-methyl/N-ethyl adjacent to an activating group) is 1. The number of rotatable bonds is 5. The third kappa shape index (κ3) is 4.52. The zero-order valence-electron chi connectivity index (χ0n) is 16.3. The second kappa shape index (κ2) is 8.73. The van der Waals surface area contributed by atoms with Gasteiger partial charge in [0.15, 0.2) is 0 Å². The lowest BCUT2D eigenvalue weighted by molar-refractivity contribution is -0.136. The van der Waals surface area contributed by atoms with Crippen LogP contribution in [0.1, 0.15) is 22.7 Å². The fourth-order valence-electron chi connectivity index (χ4n) is 3.48. The van der Waals surface area contributed by atoms with Crippen LogP contribution in [0.3, 0.4) is 0 Å². The van der Waals surface area contributed by atoms with E-state index in [1.165, 1.54) is 4.90 Å². The lowest BCUT2D eigenvalue weighted by Crippen LogP contribution is -2.41. The normalized spacial score (nSPS) is 18.7. The van der Waals surface area contributed by atoms with E-state index in [0.717, 1.165) is 22.4 Å². The van der Waals surface area contributed by atoms with Crippen LogP contribution in [0.15, 0.2) is 42.5 Å². The predicted octanol–water partition coefficient (Wildman–Crippen LogP) is 2.82. The lowest BCUT2D eigenvalue weighted by Gasteiger charge is -2.24. The van der Waals surface area contributed by atoms with Crippen molar-refractivity contribution >= 4 is 29.1 Å². The summed E-state index contributed by atoms with van der Waals surface area (Å²) in [7, 11) is 1.66. The number of carbonyl (C=O) groups is 2. The minimum Gasteiger partial charge on any atom is -0.336 e. The first-order valence-corrected chi connectivity index (χ1v) is 9.59. The Morgan fingerprint density at radius 3 is 2.43 bits per heavy atom. The van der Waals surface area contributed by atoms with E-state index in [9.17, 15) is 9.59 Å². The molecule has 0 spiro atoms. The molecule has 6 nitrogen and oxygen atoms in total. The molecule has 28 heavy (non-hydrogen) atoms. The van der Waals surface area contributed by atoms with Gasteiger partial charge in [-0.25, -0.2) is 5.43 Å². The molecular formula is C21H25ClN4O2. The number of nitrogens with one attached hydrogen (secondary N) is 3. The molecule has 1 heterocycles. The molecule has 2 aromatic rings. The fourth-order valence-corrected chi connectivity index (χ4v) is 3.61. The Morgan fingerprint density at radius 2 is 1.79 bits per heavy atom. The van der Waals surface area contributed by atoms with Gasteiger partial charge in [0.2, 0.25) is 11.8 Å². The number of carbonyl (C=O) groups excluding carboxylic acids is 2. The Hall–Kier alpha value is -2.41. The molecule has 3 rings (SSSR count). The van der Waals surface area contributed by atoms with E-state index in [4.69, 9.17) is 11.6 Å². The molecule has 0 radical (unpaired) electrons. The van der Waals surface area contributed by atoms with Gasteiger partial charge in [-0.1, -0.05) is 41.9 Å². The summed E-state index contributed by atoms with van der Waals surface area (Å²) < 4.78 is 0. The zero-order valence-corrected chi connectivity index (χ0v) is 17.0. The maximum atomic E-state index is 13.0. The first kappa shape index (κ1) is 20.3. The summed E-state index contributed by atoms with van der Waals surface area (Å²) in [6, 6.07) is 13.1. The molecule has 1 aliphatic rings. The third-order valence-electron chi connectivity index (χ3n) is 5.03. The standard InChI is InChI=1S/C21H25ClN4O2/c1-13-5-4-6-14(2)19(13)24-18(27)12-26(3)21(28)17-11-23-25-20(17)15-7-9-16(22)10-8-15/h4-10,17,20,23,25H,11-12H2,1-3H3,(H,24,27). The van der Waals surface area contributed by atoms with E-state index in [1.54, 1.807) is 19.2 Å². The molecule has 0 bridgehead atoms. The van der Waals surface area contributed by atoms with Crippen LogP contribution in [0.2, 0.25) is 5.02 Å². The summed E-state index contributed by atoms with van der Waals surface area (Å²) in [6.45, 7) is 4.39. The van der Waals surface area contributed by atoms with Crippen molar-refractivity contribution in [3.8, 4) is 0 Å². The number of benzene rings is 2. The van der Waals surface area contributed by atoms with Crippen molar-refractivity contribution < 1.29 is 9.59 Å². The third-order valence-corrected chi connectivity index (χ3v) is 5.28. The summed E-state index contributed by atoms with van der Waals surface area (Å²) in [5, 5.41) is 3.58. The van der Waals surface area contributed by atoms with Crippen LogP contribution in [0.5, 0.6) is 0 Å². The van der Waals surface area contributed by atoms with Gasteiger partial charge in [0.1, 0.15) is 0 Å². The van der Waals surface area contributed by atoms with Gasteiger partial charge in [0.05, 0.1) is 18.5 Å². The number of hydrogen-bond acceptors (Lipinski definition) is 4. The monoisotopic (exact) mass is 400 g/mol. The Balaban J connectivity index is 1.65. The number of para-hydroxylation sites is 1. The summed E-state index contributed by atoms with van der Waals surface area (Å²) in [4.78, 5) is 26.9. The molecule has 7 heteroatoms. The predicted molar refractivity (Wildman–Crippen MR) is 111 cm³/mol. The molecule has 2 amide bonds. The number of amides is 2. The largest absolute Gasteiger partial charge is 0.336 e. The van der Waals surface area contributed by atoms with Gasteiger partial charge in [-0.15, -0.1) is 0 Å². The number of anilines is 1. The van der Waals surface area contributed by atoms with Gasteiger partial charge >= 0.3 is 0 Å². The van der Waals surface area contributed by atoms with Gasteiger partial charge in [0.25, 0.3) is 0 Å². The zero-order chi connectivity index (χ0) is 20.3. The van der Waals surface area contributed by atoms with Crippen molar-refractivity contribution in [3.63, 3.8) is 0 Å². The summed E-state index contributed by atoms with van der Waals surface area (Å²) in [5.74, 6) is -0.608. The first-order chi connectivity index (χ1) is 13.4. The van der Waals surface area contributed by atoms with E-state index in [2.05, 4.69) is 16.2 Å². The van der Waals surface area contributed by atoms with Gasteiger partial charge in [-0.2, -0.15) is 0 Å². The quantitative estimate of drug-likeness (QED) is 0.721. The van der Waals surface area contributed by atoms with Gasteiger partial charge in [-0.3, -0.25) is 15.0 Å². The minimum atomic E-state index is -0.306. The van der Waals surface area contributed by atoms with Crippen molar-refractivity contribution in [1.29, 1.82) is 0 Å². The van der Waals surface area contributed by atoms with E-state index in [1.807, 2.05) is 44.2 Å². The molecule has 0 saturated carbocycles. The van der Waals surface area contributed by atoms with E-state index >= 15 is 0 Å². The molecule has 0 aromatic heterocycles. The second-order valence-electron chi connectivity index (χ2n) is 7.17. The summed E-state index contributed by atoms with van der Waals surface area (Å²) in [6.07, 6.45) is 0. The molecule has 0 aliphatic carbocycles. The van der Waals surface area contributed by atoms with E-state index in [-0.39, 0.29) is 30.3 Å². The van der Waals surface area contributed by atoms with Crippen LogP contribution in [-0.2, 0) is 9.59 Å². The average molecular weight is 401 g/mol. The summed E-state index contributed by atoms with van der Waals surface area (Å²) >= 11 is 5.96. The molecule has 2 aromatic carbocycles. The molecule has 1 fully saturated rings. The number of hydrazine groups is 1. The number of halogens is 1. The maximum Gasteiger partial charge on any atom is 0.243 e. The molecule has 1 aliphatic heterocycles. The van der Waals surface area contributed by atoms with E-state index in [0.29, 0.717) is 11.6 Å². The molecule has 2 atom stereocenters. The van der Waals surface area contributed by atoms with Crippen LogP contribution in [0.4, 0.5) is 5.69 Å². The number of nitrogens with zero attached hydrogens (tertiary/aromatic N) is 1. The molecule has 148 valence electrons. The van der Waals surface area contributed by atoms with Crippen LogP contribution >= 0.6 is 11.6 Å². The highest BCUT2D eigenvalue weighted by Gasteiger charge is 2.36. The van der Waals surface area contributed by atoms with Crippen LogP contribution in [0, 0.1) is 19.8 Å². The van der Waals surface area contributed by atoms with Crippen LogP contribution in [0.25, 0.3) is 0 Å². The Morgan fingerprint density at radius 1 is 1.14 bits per heavy atom. The van der Waals surface area contributed by atoms with Crippen molar-refractivity contribution in [2.24, 2.45) is 5.92 Å². The second-order valence-corrected chi connectivity index (χ2v) is 7.61. The van der Waals surface area contributed by atoms with Crippen LogP contribution < -0.4 is 16.2 Å². The molecule has 1 saturated heterocycles. The van der Waals surface area contributed by atoms with Crippen molar-refractivity contribution in [1.82, 2.24) is 15.8 Å². The SMILES string of the molecule is Cc1cccc(C)c1NC(=O)CN(C)C(=O)C1CNNC1c1ccc(Cl)cc1. The van der Waals surface area contributed by atoms with Gasteiger partial charge in [-0.05, 0) is 42.7 Å². The highest BCUT2D eigenvalue weighted by molar-refractivity contribution is 6.30. The molecular weight excluding hydrogens is 376 g/mol. The topological polar surface area (TPSA) is 73.5 Å². The Bertz CT molecular complexity index is 849. The van der Waals surface area contributed by atoms with Crippen molar-refractivity contribution in [3.05, 3.63) is 64.2 Å². The van der Waals surface area contributed by atoms with Crippen molar-refractivity contribution in [2.45, 2.75) is 19.9 Å².